The van der Waals surface area contributed by atoms with Crippen molar-refractivity contribution in [1.29, 1.82) is 0 Å². The molecule has 0 spiro atoms. The van der Waals surface area contributed by atoms with Gasteiger partial charge in [0.1, 0.15) is 0 Å². The van der Waals surface area contributed by atoms with E-state index in [4.69, 9.17) is 0 Å². The van der Waals surface area contributed by atoms with Crippen LogP contribution in [0.25, 0.3) is 0 Å². The van der Waals surface area contributed by atoms with Gasteiger partial charge in [-0.25, -0.2) is 4.39 Å². The number of rotatable bonds is 4. The molecule has 0 saturated heterocycles. The third kappa shape index (κ3) is 2.94. The summed E-state index contributed by atoms with van der Waals surface area (Å²) in [4.78, 5) is 0. The van der Waals surface area contributed by atoms with Crippen LogP contribution in [0.2, 0.25) is 0 Å². The molecule has 0 radical (unpaired) electrons. The molecular formula is C4H10FO3P. The minimum absolute atomic E-state index is 0.203. The Hall–Kier alpha value is 0.0800. The lowest BCUT2D eigenvalue weighted by Crippen LogP contribution is -1.92. The molecule has 0 bridgehead atoms. The smallest absolute Gasteiger partial charge is 0.310 e. The molecule has 5 heteroatoms. The van der Waals surface area contributed by atoms with Crippen molar-refractivity contribution in [2.45, 2.75) is 6.92 Å². The first-order valence-corrected chi connectivity index (χ1v) is 4.26. The second-order valence-electron chi connectivity index (χ2n) is 1.33. The van der Waals surface area contributed by atoms with E-state index in [1.54, 1.807) is 6.92 Å². The highest BCUT2D eigenvalue weighted by molar-refractivity contribution is 7.53. The fourth-order valence-electron chi connectivity index (χ4n) is 0.333. The molecule has 0 heterocycles. The maximum Gasteiger partial charge on any atom is 0.361 e. The minimum Gasteiger partial charge on any atom is -0.310 e. The van der Waals surface area contributed by atoms with Gasteiger partial charge in [0.25, 0.3) is 0 Å². The van der Waals surface area contributed by atoms with Gasteiger partial charge < -0.3 is 9.05 Å². The molecule has 1 unspecified atom stereocenters. The van der Waals surface area contributed by atoms with Crippen LogP contribution in [0.1, 0.15) is 6.92 Å². The van der Waals surface area contributed by atoms with E-state index < -0.39 is 14.0 Å². The van der Waals surface area contributed by atoms with Gasteiger partial charge >= 0.3 is 7.60 Å². The van der Waals surface area contributed by atoms with Crippen molar-refractivity contribution in [3.05, 3.63) is 0 Å². The predicted octanol–water partition coefficient (Wildman–Crippen LogP) is 1.79. The first-order chi connectivity index (χ1) is 4.18. The molecule has 0 aliphatic heterocycles. The molecule has 0 saturated carbocycles. The number of hydrogen-bond acceptors (Lipinski definition) is 3. The van der Waals surface area contributed by atoms with Crippen LogP contribution in [0.15, 0.2) is 0 Å². The van der Waals surface area contributed by atoms with Gasteiger partial charge in [-0.1, -0.05) is 0 Å². The van der Waals surface area contributed by atoms with E-state index in [1.165, 1.54) is 0 Å². The molecule has 0 aromatic rings. The number of halogens is 1. The highest BCUT2D eigenvalue weighted by atomic mass is 31.2. The Kier molecular flexibility index (Phi) is 4.02. The molecule has 0 aromatic carbocycles. The Morgan fingerprint density at radius 1 is 1.67 bits per heavy atom. The van der Waals surface area contributed by atoms with Crippen LogP contribution in [-0.4, -0.2) is 20.1 Å². The van der Waals surface area contributed by atoms with Gasteiger partial charge in [0.05, 0.1) is 6.61 Å². The lowest BCUT2D eigenvalue weighted by molar-refractivity contribution is 0.232. The third-order valence-electron chi connectivity index (χ3n) is 0.750. The standard InChI is InChI=1S/C4H10FO3P/c1-3-8-9(6,4-5)7-2/h3-4H2,1-2H3. The fourth-order valence-corrected chi connectivity index (χ4v) is 0.998. The molecule has 0 fully saturated rings. The average molecular weight is 156 g/mol. The van der Waals surface area contributed by atoms with Gasteiger partial charge in [-0.15, -0.1) is 0 Å². The Labute approximate surface area is 53.7 Å². The molecule has 9 heavy (non-hydrogen) atoms. The molecule has 56 valence electrons. The van der Waals surface area contributed by atoms with Crippen LogP contribution in [0.4, 0.5) is 4.39 Å². The zero-order valence-electron chi connectivity index (χ0n) is 5.46. The van der Waals surface area contributed by atoms with E-state index in [1.807, 2.05) is 0 Å². The molecule has 1 atom stereocenters. The summed E-state index contributed by atoms with van der Waals surface area (Å²) < 4.78 is 31.2. The van der Waals surface area contributed by atoms with Crippen molar-refractivity contribution in [2.24, 2.45) is 0 Å². The lowest BCUT2D eigenvalue weighted by Gasteiger charge is -2.09. The zero-order valence-corrected chi connectivity index (χ0v) is 6.36. The van der Waals surface area contributed by atoms with Crippen molar-refractivity contribution in [2.75, 3.05) is 20.1 Å². The SMILES string of the molecule is CCOP(=O)(CF)OC. The Morgan fingerprint density at radius 2 is 2.22 bits per heavy atom. The second-order valence-corrected chi connectivity index (χ2v) is 3.41. The van der Waals surface area contributed by atoms with Crippen molar-refractivity contribution in [3.8, 4) is 0 Å². The van der Waals surface area contributed by atoms with Gasteiger partial charge in [-0.05, 0) is 6.92 Å². The van der Waals surface area contributed by atoms with Gasteiger partial charge in [0.15, 0.2) is 6.42 Å². The highest BCUT2D eigenvalue weighted by Gasteiger charge is 2.20. The van der Waals surface area contributed by atoms with E-state index in [2.05, 4.69) is 9.05 Å². The first kappa shape index (κ1) is 9.08. The molecule has 0 rings (SSSR count). The average Bonchev–Trinajstić information content (AvgIpc) is 1.89. The summed E-state index contributed by atoms with van der Waals surface area (Å²) >= 11 is 0. The van der Waals surface area contributed by atoms with Crippen LogP contribution < -0.4 is 0 Å². The molecule has 0 N–H and O–H groups in total. The van der Waals surface area contributed by atoms with Crippen molar-refractivity contribution in [1.82, 2.24) is 0 Å². The quantitative estimate of drug-likeness (QED) is 0.582. The summed E-state index contributed by atoms with van der Waals surface area (Å²) in [5.74, 6) is 0. The van der Waals surface area contributed by atoms with Crippen LogP contribution >= 0.6 is 7.60 Å². The van der Waals surface area contributed by atoms with Crippen LogP contribution in [-0.2, 0) is 13.6 Å². The van der Waals surface area contributed by atoms with Crippen molar-refractivity contribution >= 4 is 7.60 Å². The Bertz CT molecular complexity index is 108. The topological polar surface area (TPSA) is 35.5 Å². The largest absolute Gasteiger partial charge is 0.361 e. The predicted molar refractivity (Wildman–Crippen MR) is 32.2 cm³/mol. The maximum absolute atomic E-state index is 11.7. The van der Waals surface area contributed by atoms with E-state index in [-0.39, 0.29) is 6.61 Å². The summed E-state index contributed by atoms with van der Waals surface area (Å²) in [6.07, 6.45) is -1.06. The molecule has 0 aliphatic carbocycles. The van der Waals surface area contributed by atoms with Gasteiger partial charge in [0.2, 0.25) is 0 Å². The lowest BCUT2D eigenvalue weighted by atomic mass is 10.9. The summed E-state index contributed by atoms with van der Waals surface area (Å²) in [6.45, 7) is 1.83. The van der Waals surface area contributed by atoms with Crippen LogP contribution in [0.5, 0.6) is 0 Å². The van der Waals surface area contributed by atoms with Crippen molar-refractivity contribution < 1.29 is 18.0 Å². The van der Waals surface area contributed by atoms with E-state index >= 15 is 0 Å². The van der Waals surface area contributed by atoms with Gasteiger partial charge in [-0.3, -0.25) is 4.57 Å². The Balaban J connectivity index is 3.78. The number of alkyl halides is 1. The molecule has 0 amide bonds. The molecule has 0 aliphatic rings. The fraction of sp³-hybridized carbons (Fsp3) is 1.00. The van der Waals surface area contributed by atoms with E-state index in [9.17, 15) is 8.96 Å². The van der Waals surface area contributed by atoms with Crippen LogP contribution in [0, 0.1) is 0 Å². The van der Waals surface area contributed by atoms with Crippen molar-refractivity contribution in [3.63, 3.8) is 0 Å². The molecule has 3 nitrogen and oxygen atoms in total. The zero-order chi connectivity index (χ0) is 7.33. The summed E-state index contributed by atoms with van der Waals surface area (Å²) in [5.41, 5.74) is 0. The highest BCUT2D eigenvalue weighted by Crippen LogP contribution is 2.46. The van der Waals surface area contributed by atoms with Gasteiger partial charge in [0, 0.05) is 7.11 Å². The maximum atomic E-state index is 11.7. The van der Waals surface area contributed by atoms with E-state index in [0.717, 1.165) is 7.11 Å². The molecule has 0 aromatic heterocycles. The van der Waals surface area contributed by atoms with E-state index in [0.29, 0.717) is 0 Å². The second kappa shape index (κ2) is 3.99. The third-order valence-corrected chi connectivity index (χ3v) is 2.25. The summed E-state index contributed by atoms with van der Waals surface area (Å²) in [5, 5.41) is 0. The normalized spacial score (nSPS) is 17.2. The van der Waals surface area contributed by atoms with Gasteiger partial charge in [-0.2, -0.15) is 0 Å². The minimum atomic E-state index is -3.35. The Morgan fingerprint density at radius 3 is 2.33 bits per heavy atom. The molecular weight excluding hydrogens is 146 g/mol. The first-order valence-electron chi connectivity index (χ1n) is 2.54. The monoisotopic (exact) mass is 156 g/mol. The summed E-state index contributed by atoms with van der Waals surface area (Å²) in [7, 11) is -2.19. The summed E-state index contributed by atoms with van der Waals surface area (Å²) in [6, 6.07) is 0. The number of hydrogen-bond donors (Lipinski definition) is 0. The van der Waals surface area contributed by atoms with Crippen LogP contribution in [0.3, 0.4) is 0 Å².